The Hall–Kier alpha value is -2.73. The summed E-state index contributed by atoms with van der Waals surface area (Å²) in [6, 6.07) is 13.7. The molecule has 0 atom stereocenters. The molecule has 0 aliphatic carbocycles. The van der Waals surface area contributed by atoms with Gasteiger partial charge in [-0.25, -0.2) is 0 Å². The van der Waals surface area contributed by atoms with Gasteiger partial charge in [0.2, 0.25) is 5.78 Å². The van der Waals surface area contributed by atoms with Crippen LogP contribution < -0.4 is 4.74 Å². The van der Waals surface area contributed by atoms with Crippen molar-refractivity contribution in [1.29, 1.82) is 0 Å². The molecule has 3 heteroatoms. The maximum Gasteiger partial charge on any atom is 0.239 e. The van der Waals surface area contributed by atoms with Crippen LogP contribution in [-0.2, 0) is 0 Å². The first-order valence-corrected chi connectivity index (χ1v) is 5.69. The average Bonchev–Trinajstić information content (AvgIpc) is 2.45. The van der Waals surface area contributed by atoms with Crippen molar-refractivity contribution in [2.45, 2.75) is 0 Å². The van der Waals surface area contributed by atoms with Crippen molar-refractivity contribution in [2.24, 2.45) is 0 Å². The number of methoxy groups -OCH3 is 1. The van der Waals surface area contributed by atoms with E-state index in [9.17, 15) is 9.90 Å². The number of hydrogen-bond acceptors (Lipinski definition) is 3. The van der Waals surface area contributed by atoms with Crippen LogP contribution in [0.25, 0.3) is 0 Å². The molecule has 0 aliphatic heterocycles. The summed E-state index contributed by atoms with van der Waals surface area (Å²) < 4.78 is 4.95. The Labute approximate surface area is 111 Å². The number of benzene rings is 2. The zero-order valence-electron chi connectivity index (χ0n) is 10.4. The summed E-state index contributed by atoms with van der Waals surface area (Å²) in [5, 5.41) is 9.72. The first-order valence-electron chi connectivity index (χ1n) is 5.69. The average molecular weight is 252 g/mol. The molecule has 0 saturated heterocycles. The molecule has 0 unspecified atom stereocenters. The monoisotopic (exact) mass is 252 g/mol. The van der Waals surface area contributed by atoms with Gasteiger partial charge in [-0.05, 0) is 30.2 Å². The molecule has 0 radical (unpaired) electrons. The van der Waals surface area contributed by atoms with E-state index in [0.717, 1.165) is 5.56 Å². The van der Waals surface area contributed by atoms with E-state index in [1.807, 2.05) is 30.3 Å². The first-order chi connectivity index (χ1) is 9.20. The maximum atomic E-state index is 11.9. The third kappa shape index (κ3) is 3.14. The molecule has 0 bridgehead atoms. The van der Waals surface area contributed by atoms with E-state index in [4.69, 9.17) is 4.74 Å². The van der Waals surface area contributed by atoms with Crippen LogP contribution in [0.15, 0.2) is 48.5 Å². The third-order valence-corrected chi connectivity index (χ3v) is 2.54. The van der Waals surface area contributed by atoms with Gasteiger partial charge in [0.15, 0.2) is 0 Å². The SMILES string of the molecule is COc1ccc(C(=O)C#Cc2ccccc2)c(O)c1. The minimum Gasteiger partial charge on any atom is -0.507 e. The van der Waals surface area contributed by atoms with Gasteiger partial charge >= 0.3 is 0 Å². The summed E-state index contributed by atoms with van der Waals surface area (Å²) in [7, 11) is 1.49. The number of Topliss-reactive ketones (excluding diaryl/α,β-unsaturated/α-hetero) is 1. The molecule has 0 saturated carbocycles. The van der Waals surface area contributed by atoms with E-state index in [2.05, 4.69) is 11.8 Å². The molecule has 0 spiro atoms. The lowest BCUT2D eigenvalue weighted by Crippen LogP contribution is -1.96. The van der Waals surface area contributed by atoms with Crippen molar-refractivity contribution < 1.29 is 14.6 Å². The smallest absolute Gasteiger partial charge is 0.239 e. The molecule has 0 aliphatic rings. The van der Waals surface area contributed by atoms with Crippen LogP contribution in [-0.4, -0.2) is 18.0 Å². The number of ketones is 1. The van der Waals surface area contributed by atoms with Gasteiger partial charge in [-0.1, -0.05) is 24.1 Å². The van der Waals surface area contributed by atoms with Crippen LogP contribution in [0, 0.1) is 11.8 Å². The van der Waals surface area contributed by atoms with E-state index in [1.165, 1.54) is 19.2 Å². The van der Waals surface area contributed by atoms with Gasteiger partial charge in [0.05, 0.1) is 12.7 Å². The molecule has 3 nitrogen and oxygen atoms in total. The molecule has 2 aromatic rings. The minimum atomic E-state index is -0.427. The molecular weight excluding hydrogens is 240 g/mol. The Morgan fingerprint density at radius 1 is 1.16 bits per heavy atom. The molecule has 0 amide bonds. The standard InChI is InChI=1S/C16H12O3/c1-19-13-8-9-14(16(18)11-13)15(17)10-7-12-5-3-2-4-6-12/h2-6,8-9,11,18H,1H3. The van der Waals surface area contributed by atoms with E-state index in [-0.39, 0.29) is 11.3 Å². The number of carbonyl (C=O) groups is 1. The molecule has 2 aromatic carbocycles. The van der Waals surface area contributed by atoms with Gasteiger partial charge in [0.25, 0.3) is 0 Å². The summed E-state index contributed by atoms with van der Waals surface area (Å²) >= 11 is 0. The van der Waals surface area contributed by atoms with Crippen molar-refractivity contribution in [1.82, 2.24) is 0 Å². The Balaban J connectivity index is 2.24. The largest absolute Gasteiger partial charge is 0.507 e. The molecule has 0 aromatic heterocycles. The lowest BCUT2D eigenvalue weighted by molar-refractivity contribution is 0.105. The molecule has 0 fully saturated rings. The number of ether oxygens (including phenoxy) is 1. The molecule has 0 heterocycles. The molecule has 2 rings (SSSR count). The number of phenolic OH excluding ortho intramolecular Hbond substituents is 1. The highest BCUT2D eigenvalue weighted by Crippen LogP contribution is 2.23. The fourth-order valence-corrected chi connectivity index (χ4v) is 1.55. The van der Waals surface area contributed by atoms with Crippen LogP contribution in [0.1, 0.15) is 15.9 Å². The lowest BCUT2D eigenvalue weighted by atomic mass is 10.1. The van der Waals surface area contributed by atoms with Crippen LogP contribution in [0.3, 0.4) is 0 Å². The summed E-state index contributed by atoms with van der Waals surface area (Å²) in [5.74, 6) is 5.19. The predicted molar refractivity (Wildman–Crippen MR) is 72.3 cm³/mol. The van der Waals surface area contributed by atoms with Crippen LogP contribution in [0.4, 0.5) is 0 Å². The second-order valence-electron chi connectivity index (χ2n) is 3.83. The highest BCUT2D eigenvalue weighted by atomic mass is 16.5. The van der Waals surface area contributed by atoms with Gasteiger partial charge in [-0.2, -0.15) is 0 Å². The quantitative estimate of drug-likeness (QED) is 0.660. The van der Waals surface area contributed by atoms with Crippen LogP contribution in [0.2, 0.25) is 0 Å². The Kier molecular flexibility index (Phi) is 3.84. The van der Waals surface area contributed by atoms with E-state index < -0.39 is 5.78 Å². The Morgan fingerprint density at radius 2 is 1.89 bits per heavy atom. The Morgan fingerprint density at radius 3 is 2.53 bits per heavy atom. The van der Waals surface area contributed by atoms with Crippen molar-refractivity contribution in [3.8, 4) is 23.3 Å². The van der Waals surface area contributed by atoms with Crippen molar-refractivity contribution in [2.75, 3.05) is 7.11 Å². The fraction of sp³-hybridized carbons (Fsp3) is 0.0625. The van der Waals surface area contributed by atoms with Gasteiger partial charge < -0.3 is 9.84 Å². The number of hydrogen-bond donors (Lipinski definition) is 1. The molecule has 19 heavy (non-hydrogen) atoms. The number of rotatable bonds is 2. The molecular formula is C16H12O3. The zero-order valence-corrected chi connectivity index (χ0v) is 10.4. The lowest BCUT2D eigenvalue weighted by Gasteiger charge is -2.02. The third-order valence-electron chi connectivity index (χ3n) is 2.54. The van der Waals surface area contributed by atoms with Gasteiger partial charge in [-0.3, -0.25) is 4.79 Å². The molecule has 94 valence electrons. The van der Waals surface area contributed by atoms with Crippen LogP contribution in [0.5, 0.6) is 11.5 Å². The first kappa shape index (κ1) is 12.7. The molecule has 1 N–H and O–H groups in total. The van der Waals surface area contributed by atoms with Gasteiger partial charge in [-0.15, -0.1) is 0 Å². The van der Waals surface area contributed by atoms with Crippen molar-refractivity contribution >= 4 is 5.78 Å². The summed E-state index contributed by atoms with van der Waals surface area (Å²) in [4.78, 5) is 11.9. The summed E-state index contributed by atoms with van der Waals surface area (Å²) in [6.45, 7) is 0. The highest BCUT2D eigenvalue weighted by molar-refractivity contribution is 6.11. The van der Waals surface area contributed by atoms with E-state index >= 15 is 0 Å². The zero-order chi connectivity index (χ0) is 13.7. The van der Waals surface area contributed by atoms with Crippen LogP contribution >= 0.6 is 0 Å². The maximum absolute atomic E-state index is 11.9. The van der Waals surface area contributed by atoms with E-state index in [0.29, 0.717) is 5.75 Å². The van der Waals surface area contributed by atoms with Crippen molar-refractivity contribution in [3.63, 3.8) is 0 Å². The minimum absolute atomic E-state index is 0.133. The van der Waals surface area contributed by atoms with Gasteiger partial charge in [0, 0.05) is 11.6 Å². The summed E-state index contributed by atoms with van der Waals surface area (Å²) in [6.07, 6.45) is 0. The second-order valence-corrected chi connectivity index (χ2v) is 3.83. The second kappa shape index (κ2) is 5.74. The predicted octanol–water partition coefficient (Wildman–Crippen LogP) is 2.64. The Bertz CT molecular complexity index is 649. The number of aromatic hydroxyl groups is 1. The van der Waals surface area contributed by atoms with Crippen molar-refractivity contribution in [3.05, 3.63) is 59.7 Å². The number of carbonyl (C=O) groups excluding carboxylic acids is 1. The normalized spacial score (nSPS) is 9.32. The van der Waals surface area contributed by atoms with Gasteiger partial charge in [0.1, 0.15) is 11.5 Å². The topological polar surface area (TPSA) is 46.5 Å². The van der Waals surface area contributed by atoms with E-state index in [1.54, 1.807) is 6.07 Å². The number of phenols is 1. The summed E-state index contributed by atoms with van der Waals surface area (Å²) in [5.41, 5.74) is 0.924. The highest BCUT2D eigenvalue weighted by Gasteiger charge is 2.09. The fourth-order valence-electron chi connectivity index (χ4n) is 1.55.